The minimum Gasteiger partial charge on any atom is -0.301 e. The van der Waals surface area contributed by atoms with Gasteiger partial charge in [-0.05, 0) is 91.5 Å². The van der Waals surface area contributed by atoms with Crippen LogP contribution in [0.2, 0.25) is 0 Å². The first kappa shape index (κ1) is 24.9. The number of rotatable bonds is 8. The first-order valence-electron chi connectivity index (χ1n) is 13.1. The van der Waals surface area contributed by atoms with Gasteiger partial charge in [0.2, 0.25) is 10.0 Å². The van der Waals surface area contributed by atoms with Gasteiger partial charge < -0.3 is 4.90 Å². The van der Waals surface area contributed by atoms with Crippen LogP contribution in [0.1, 0.15) is 43.7 Å². The molecule has 1 fully saturated rings. The van der Waals surface area contributed by atoms with E-state index in [9.17, 15) is 8.42 Å². The van der Waals surface area contributed by atoms with Crippen LogP contribution in [-0.2, 0) is 16.6 Å². The maximum absolute atomic E-state index is 14.0. The van der Waals surface area contributed by atoms with Crippen molar-refractivity contribution in [2.75, 3.05) is 19.6 Å². The summed E-state index contributed by atoms with van der Waals surface area (Å²) in [6.07, 6.45) is 4.57. The number of sulfonamides is 1. The summed E-state index contributed by atoms with van der Waals surface area (Å²) in [6, 6.07) is 26.6. The van der Waals surface area contributed by atoms with Gasteiger partial charge in [-0.2, -0.15) is 4.31 Å². The van der Waals surface area contributed by atoms with E-state index in [0.29, 0.717) is 24.0 Å². The Bertz CT molecular complexity index is 1390. The second kappa shape index (κ2) is 10.7. The topological polar surface area (TPSA) is 40.6 Å². The van der Waals surface area contributed by atoms with Crippen molar-refractivity contribution in [2.24, 2.45) is 0 Å². The highest BCUT2D eigenvalue weighted by Gasteiger charge is 2.27. The molecule has 0 spiro atoms. The predicted molar refractivity (Wildman–Crippen MR) is 150 cm³/mol. The van der Waals surface area contributed by atoms with Crippen LogP contribution < -0.4 is 0 Å². The molecular formula is C31H36N2O2S. The van der Waals surface area contributed by atoms with E-state index in [-0.39, 0.29) is 0 Å². The van der Waals surface area contributed by atoms with Crippen molar-refractivity contribution in [3.05, 3.63) is 90.0 Å². The summed E-state index contributed by atoms with van der Waals surface area (Å²) in [5.41, 5.74) is 2.13. The van der Waals surface area contributed by atoms with E-state index in [1.54, 1.807) is 16.4 Å². The highest BCUT2D eigenvalue weighted by Crippen LogP contribution is 2.31. The average molecular weight is 501 g/mol. The number of nitrogens with zero attached hydrogens (tertiary/aromatic N) is 2. The fraction of sp³-hybridized carbons (Fsp3) is 0.355. The highest BCUT2D eigenvalue weighted by molar-refractivity contribution is 7.89. The first-order chi connectivity index (χ1) is 17.4. The van der Waals surface area contributed by atoms with E-state index in [1.807, 2.05) is 43.3 Å². The number of benzene rings is 4. The molecule has 4 aromatic carbocycles. The largest absolute Gasteiger partial charge is 0.301 e. The van der Waals surface area contributed by atoms with E-state index < -0.39 is 10.0 Å². The number of aryl methyl sites for hydroxylation is 1. The van der Waals surface area contributed by atoms with Crippen LogP contribution in [-0.4, -0.2) is 43.3 Å². The molecule has 4 nitrogen and oxygen atoms in total. The minimum absolute atomic E-state index is 0.355. The fourth-order valence-corrected chi connectivity index (χ4v) is 6.98. The van der Waals surface area contributed by atoms with E-state index in [0.717, 1.165) is 52.2 Å². The molecule has 188 valence electrons. The molecule has 1 aliphatic heterocycles. The molecule has 0 aliphatic carbocycles. The third kappa shape index (κ3) is 5.19. The van der Waals surface area contributed by atoms with E-state index in [2.05, 4.69) is 42.2 Å². The van der Waals surface area contributed by atoms with Crippen molar-refractivity contribution in [3.63, 3.8) is 0 Å². The fourth-order valence-electron chi connectivity index (χ4n) is 5.54. The number of fused-ring (bicyclic) bond motifs is 2. The number of hydrogen-bond acceptors (Lipinski definition) is 3. The van der Waals surface area contributed by atoms with Gasteiger partial charge in [0.05, 0.1) is 4.90 Å². The van der Waals surface area contributed by atoms with Gasteiger partial charge in [-0.25, -0.2) is 8.42 Å². The second-order valence-electron chi connectivity index (χ2n) is 10.2. The Hall–Kier alpha value is -2.73. The van der Waals surface area contributed by atoms with Crippen LogP contribution in [0.5, 0.6) is 0 Å². The molecule has 0 saturated carbocycles. The summed E-state index contributed by atoms with van der Waals surface area (Å²) in [4.78, 5) is 2.89. The molecule has 1 unspecified atom stereocenters. The van der Waals surface area contributed by atoms with Crippen LogP contribution in [0.15, 0.2) is 83.8 Å². The molecule has 0 amide bonds. The van der Waals surface area contributed by atoms with Gasteiger partial charge in [0, 0.05) is 19.1 Å². The van der Waals surface area contributed by atoms with Gasteiger partial charge >= 0.3 is 0 Å². The Morgan fingerprint density at radius 3 is 2.17 bits per heavy atom. The summed E-state index contributed by atoms with van der Waals surface area (Å²) in [5, 5.41) is 4.51. The normalized spacial score (nSPS) is 17.2. The SMILES string of the molecule is Cc1ccc(S(=O)(=O)N(CCCN2CCCCC2C)Cc2c3ccccc3cc3ccccc23)cc1. The van der Waals surface area contributed by atoms with Crippen LogP contribution >= 0.6 is 0 Å². The Morgan fingerprint density at radius 1 is 0.889 bits per heavy atom. The zero-order valence-electron chi connectivity index (χ0n) is 21.4. The number of hydrogen-bond donors (Lipinski definition) is 0. The summed E-state index contributed by atoms with van der Waals surface area (Å²) in [7, 11) is -3.65. The van der Waals surface area contributed by atoms with Gasteiger partial charge in [-0.3, -0.25) is 0 Å². The molecule has 0 aromatic heterocycles. The lowest BCUT2D eigenvalue weighted by Gasteiger charge is -2.34. The van der Waals surface area contributed by atoms with Crippen LogP contribution in [0, 0.1) is 6.92 Å². The van der Waals surface area contributed by atoms with Crippen molar-refractivity contribution in [3.8, 4) is 0 Å². The zero-order chi connectivity index (χ0) is 25.1. The molecule has 1 atom stereocenters. The molecule has 0 N–H and O–H groups in total. The molecule has 0 bridgehead atoms. The summed E-state index contributed by atoms with van der Waals surface area (Å²) in [6.45, 7) is 7.17. The first-order valence-corrected chi connectivity index (χ1v) is 14.6. The van der Waals surface area contributed by atoms with Crippen LogP contribution in [0.25, 0.3) is 21.5 Å². The van der Waals surface area contributed by atoms with Gasteiger partial charge in [0.1, 0.15) is 0 Å². The summed E-state index contributed by atoms with van der Waals surface area (Å²) >= 11 is 0. The Balaban J connectivity index is 1.52. The zero-order valence-corrected chi connectivity index (χ0v) is 22.2. The second-order valence-corrected chi connectivity index (χ2v) is 12.1. The maximum Gasteiger partial charge on any atom is 0.243 e. The lowest BCUT2D eigenvalue weighted by atomic mass is 9.97. The van der Waals surface area contributed by atoms with Crippen molar-refractivity contribution in [1.29, 1.82) is 0 Å². The van der Waals surface area contributed by atoms with E-state index >= 15 is 0 Å². The molecule has 5 heteroatoms. The Labute approximate surface area is 215 Å². The molecule has 1 heterocycles. The smallest absolute Gasteiger partial charge is 0.243 e. The summed E-state index contributed by atoms with van der Waals surface area (Å²) < 4.78 is 29.7. The summed E-state index contributed by atoms with van der Waals surface area (Å²) in [5.74, 6) is 0. The van der Waals surface area contributed by atoms with E-state index in [1.165, 1.54) is 19.3 Å². The molecule has 36 heavy (non-hydrogen) atoms. The molecular weight excluding hydrogens is 464 g/mol. The maximum atomic E-state index is 14.0. The van der Waals surface area contributed by atoms with Gasteiger partial charge in [-0.15, -0.1) is 0 Å². The average Bonchev–Trinajstić information content (AvgIpc) is 2.89. The predicted octanol–water partition coefficient (Wildman–Crippen LogP) is 6.76. The minimum atomic E-state index is -3.65. The van der Waals surface area contributed by atoms with E-state index in [4.69, 9.17) is 0 Å². The van der Waals surface area contributed by atoms with Crippen LogP contribution in [0.4, 0.5) is 0 Å². The molecule has 0 radical (unpaired) electrons. The quantitative estimate of drug-likeness (QED) is 0.251. The third-order valence-electron chi connectivity index (χ3n) is 7.67. The van der Waals surface area contributed by atoms with Crippen molar-refractivity contribution in [2.45, 2.75) is 57.0 Å². The highest BCUT2D eigenvalue weighted by atomic mass is 32.2. The molecule has 4 aromatic rings. The number of piperidine rings is 1. The lowest BCUT2D eigenvalue weighted by Crippen LogP contribution is -2.40. The van der Waals surface area contributed by atoms with Crippen molar-refractivity contribution >= 4 is 31.6 Å². The Kier molecular flexibility index (Phi) is 7.42. The molecule has 1 aliphatic rings. The molecule has 1 saturated heterocycles. The monoisotopic (exact) mass is 500 g/mol. The van der Waals surface area contributed by atoms with Crippen molar-refractivity contribution < 1.29 is 8.42 Å². The van der Waals surface area contributed by atoms with Gasteiger partial charge in [0.25, 0.3) is 0 Å². The number of likely N-dealkylation sites (tertiary alicyclic amines) is 1. The Morgan fingerprint density at radius 2 is 1.53 bits per heavy atom. The molecule has 5 rings (SSSR count). The third-order valence-corrected chi connectivity index (χ3v) is 9.53. The van der Waals surface area contributed by atoms with Gasteiger partial charge in [0.15, 0.2) is 0 Å². The van der Waals surface area contributed by atoms with Crippen molar-refractivity contribution in [1.82, 2.24) is 9.21 Å². The van der Waals surface area contributed by atoms with Crippen LogP contribution in [0.3, 0.4) is 0 Å². The lowest BCUT2D eigenvalue weighted by molar-refractivity contribution is 0.155. The standard InChI is InChI=1S/C31H36N2O2S/c1-24-15-17-28(18-16-24)36(34,35)33(21-9-20-32-19-8-7-10-25(32)2)23-31-29-13-5-3-11-26(29)22-27-12-4-6-14-30(27)31/h3-6,11-18,22,25H,7-10,19-21,23H2,1-2H3. The van der Waals surface area contributed by atoms with Gasteiger partial charge in [-0.1, -0.05) is 72.6 Å².